The molecular formula is C27H30N2O3. The van der Waals surface area contributed by atoms with E-state index in [1.807, 2.05) is 43.3 Å². The fourth-order valence-corrected chi connectivity index (χ4v) is 3.59. The molecule has 166 valence electrons. The van der Waals surface area contributed by atoms with Gasteiger partial charge in [0.25, 0.3) is 0 Å². The Hall–Kier alpha value is -3.47. The smallest absolute Gasteiger partial charge is 0.226 e. The molecule has 0 aliphatic heterocycles. The van der Waals surface area contributed by atoms with E-state index in [0.29, 0.717) is 24.3 Å². The van der Waals surface area contributed by atoms with Crippen molar-refractivity contribution in [1.29, 1.82) is 0 Å². The first-order valence-corrected chi connectivity index (χ1v) is 10.9. The molecule has 0 saturated heterocycles. The molecule has 1 heterocycles. The van der Waals surface area contributed by atoms with Crippen molar-refractivity contribution in [3.05, 3.63) is 83.7 Å². The number of Topliss-reactive ketones (excluding diaryl/α,β-unsaturated/α-hetero) is 1. The predicted molar refractivity (Wildman–Crippen MR) is 127 cm³/mol. The third-order valence-electron chi connectivity index (χ3n) is 5.64. The maximum atomic E-state index is 12.8. The van der Waals surface area contributed by atoms with Gasteiger partial charge in [-0.2, -0.15) is 0 Å². The molecule has 0 spiro atoms. The van der Waals surface area contributed by atoms with Crippen LogP contribution in [0.1, 0.15) is 48.7 Å². The Kier molecular flexibility index (Phi) is 7.41. The molecule has 0 fully saturated rings. The summed E-state index contributed by atoms with van der Waals surface area (Å²) in [5.41, 5.74) is 3.69. The third-order valence-corrected chi connectivity index (χ3v) is 5.64. The van der Waals surface area contributed by atoms with Crippen LogP contribution in [-0.2, 0) is 17.6 Å². The Morgan fingerprint density at radius 1 is 1.03 bits per heavy atom. The van der Waals surface area contributed by atoms with E-state index in [-0.39, 0.29) is 18.1 Å². The molecular weight excluding hydrogens is 400 g/mol. The quantitative estimate of drug-likeness (QED) is 0.470. The summed E-state index contributed by atoms with van der Waals surface area (Å²) in [5, 5.41) is 12.8. The van der Waals surface area contributed by atoms with Crippen LogP contribution in [0.2, 0.25) is 0 Å². The predicted octanol–water partition coefficient (Wildman–Crippen LogP) is 4.97. The van der Waals surface area contributed by atoms with Gasteiger partial charge in [-0.15, -0.1) is 0 Å². The first-order valence-electron chi connectivity index (χ1n) is 10.9. The summed E-state index contributed by atoms with van der Waals surface area (Å²) in [6.07, 6.45) is 5.07. The molecule has 0 saturated carbocycles. The van der Waals surface area contributed by atoms with E-state index in [1.54, 1.807) is 44.4 Å². The van der Waals surface area contributed by atoms with E-state index >= 15 is 0 Å². The van der Waals surface area contributed by atoms with Gasteiger partial charge in [0.2, 0.25) is 5.91 Å². The van der Waals surface area contributed by atoms with Gasteiger partial charge in [-0.25, -0.2) is 0 Å². The summed E-state index contributed by atoms with van der Waals surface area (Å²) < 4.78 is 0. The number of rotatable bonds is 9. The highest BCUT2D eigenvalue weighted by Gasteiger charge is 2.30. The Balaban J connectivity index is 1.59. The van der Waals surface area contributed by atoms with Crippen LogP contribution >= 0.6 is 0 Å². The molecule has 32 heavy (non-hydrogen) atoms. The average molecular weight is 431 g/mol. The molecule has 2 N–H and O–H groups in total. The first kappa shape index (κ1) is 23.2. The van der Waals surface area contributed by atoms with E-state index in [0.717, 1.165) is 28.7 Å². The number of benzene rings is 2. The zero-order valence-electron chi connectivity index (χ0n) is 18.9. The number of aryl methyl sites for hydroxylation is 1. The first-order chi connectivity index (χ1) is 15.3. The van der Waals surface area contributed by atoms with Crippen LogP contribution in [0.4, 0.5) is 0 Å². The minimum absolute atomic E-state index is 0.0658. The number of phenolic OH excluding ortho intramolecular Hbond substituents is 1. The number of carbonyl (C=O) groups excluding carboxylic acids is 2. The Bertz CT molecular complexity index is 1070. The molecule has 3 aromatic rings. The van der Waals surface area contributed by atoms with Crippen LogP contribution in [0.5, 0.6) is 5.75 Å². The van der Waals surface area contributed by atoms with Crippen molar-refractivity contribution >= 4 is 11.7 Å². The zero-order valence-corrected chi connectivity index (χ0v) is 18.9. The molecule has 3 rings (SSSR count). The van der Waals surface area contributed by atoms with Crippen LogP contribution in [0.25, 0.3) is 11.1 Å². The van der Waals surface area contributed by atoms with Crippen molar-refractivity contribution in [2.45, 2.75) is 40.0 Å². The SMILES string of the molecule is CCc1cc(-c2ccc(C(=O)CC(C)(C)C(=O)NCCc3cccnc3)cc2)ccc1O. The van der Waals surface area contributed by atoms with Crippen molar-refractivity contribution in [1.82, 2.24) is 10.3 Å². The number of carbonyl (C=O) groups is 2. The standard InChI is InChI=1S/C27H30N2O3/c1-4-20-16-23(11-12-24(20)30)21-7-9-22(10-8-21)25(31)17-27(2,3)26(32)29-15-13-19-6-5-14-28-18-19/h5-12,14,16,18,30H,4,13,15,17H2,1-3H3,(H,29,32). The number of amides is 1. The topological polar surface area (TPSA) is 79.3 Å². The lowest BCUT2D eigenvalue weighted by Crippen LogP contribution is -2.39. The second-order valence-electron chi connectivity index (χ2n) is 8.63. The van der Waals surface area contributed by atoms with Gasteiger partial charge in [0, 0.05) is 30.9 Å². The molecule has 0 atom stereocenters. The molecule has 0 aliphatic carbocycles. The van der Waals surface area contributed by atoms with E-state index < -0.39 is 5.41 Å². The highest BCUT2D eigenvalue weighted by Crippen LogP contribution is 2.28. The minimum atomic E-state index is -0.808. The van der Waals surface area contributed by atoms with Crippen molar-refractivity contribution in [2.75, 3.05) is 6.54 Å². The lowest BCUT2D eigenvalue weighted by atomic mass is 9.84. The fourth-order valence-electron chi connectivity index (χ4n) is 3.59. The van der Waals surface area contributed by atoms with Crippen molar-refractivity contribution in [3.8, 4) is 16.9 Å². The van der Waals surface area contributed by atoms with Crippen molar-refractivity contribution < 1.29 is 14.7 Å². The highest BCUT2D eigenvalue weighted by molar-refractivity contribution is 5.99. The van der Waals surface area contributed by atoms with Crippen LogP contribution in [0.15, 0.2) is 67.0 Å². The van der Waals surface area contributed by atoms with Gasteiger partial charge in [-0.1, -0.05) is 57.2 Å². The number of aromatic nitrogens is 1. The third kappa shape index (κ3) is 5.82. The van der Waals surface area contributed by atoms with Crippen molar-refractivity contribution in [3.63, 3.8) is 0 Å². The Morgan fingerprint density at radius 3 is 2.41 bits per heavy atom. The van der Waals surface area contributed by atoms with Crippen LogP contribution in [0.3, 0.4) is 0 Å². The van der Waals surface area contributed by atoms with Gasteiger partial charge in [-0.3, -0.25) is 14.6 Å². The maximum absolute atomic E-state index is 12.8. The largest absolute Gasteiger partial charge is 0.508 e. The van der Waals surface area contributed by atoms with Crippen molar-refractivity contribution in [2.24, 2.45) is 5.41 Å². The number of nitrogens with zero attached hydrogens (tertiary/aromatic N) is 1. The number of ketones is 1. The second-order valence-corrected chi connectivity index (χ2v) is 8.63. The summed E-state index contributed by atoms with van der Waals surface area (Å²) in [6.45, 7) is 6.09. The van der Waals surface area contributed by atoms with Gasteiger partial charge in [-0.05, 0) is 53.3 Å². The number of pyridine rings is 1. The monoisotopic (exact) mass is 430 g/mol. The normalized spacial score (nSPS) is 11.2. The molecule has 0 radical (unpaired) electrons. The zero-order chi connectivity index (χ0) is 23.1. The van der Waals surface area contributed by atoms with Gasteiger partial charge < -0.3 is 10.4 Å². The van der Waals surface area contributed by atoms with E-state index in [4.69, 9.17) is 0 Å². The van der Waals surface area contributed by atoms with Crippen LogP contribution in [-0.4, -0.2) is 28.3 Å². The summed E-state index contributed by atoms with van der Waals surface area (Å²) >= 11 is 0. The fraction of sp³-hybridized carbons (Fsp3) is 0.296. The van der Waals surface area contributed by atoms with E-state index in [9.17, 15) is 14.7 Å². The average Bonchev–Trinajstić information content (AvgIpc) is 2.80. The van der Waals surface area contributed by atoms with Gasteiger partial charge in [0.15, 0.2) is 5.78 Å². The summed E-state index contributed by atoms with van der Waals surface area (Å²) in [6, 6.07) is 16.8. The summed E-state index contributed by atoms with van der Waals surface area (Å²) in [7, 11) is 0. The van der Waals surface area contributed by atoms with Crippen LogP contribution in [0, 0.1) is 5.41 Å². The second kappa shape index (κ2) is 10.2. The maximum Gasteiger partial charge on any atom is 0.226 e. The molecule has 1 aromatic heterocycles. The van der Waals surface area contributed by atoms with E-state index in [1.165, 1.54) is 0 Å². The van der Waals surface area contributed by atoms with Gasteiger partial charge >= 0.3 is 0 Å². The number of hydrogen-bond acceptors (Lipinski definition) is 4. The van der Waals surface area contributed by atoms with Gasteiger partial charge in [0.05, 0.1) is 5.41 Å². The molecule has 2 aromatic carbocycles. The molecule has 0 unspecified atom stereocenters. The van der Waals surface area contributed by atoms with Gasteiger partial charge in [0.1, 0.15) is 5.75 Å². The summed E-state index contributed by atoms with van der Waals surface area (Å²) in [4.78, 5) is 29.6. The number of nitrogens with one attached hydrogen (secondary N) is 1. The lowest BCUT2D eigenvalue weighted by molar-refractivity contribution is -0.129. The van der Waals surface area contributed by atoms with E-state index in [2.05, 4.69) is 10.3 Å². The lowest BCUT2D eigenvalue weighted by Gasteiger charge is -2.23. The Morgan fingerprint density at radius 2 is 1.75 bits per heavy atom. The minimum Gasteiger partial charge on any atom is -0.508 e. The number of phenols is 1. The van der Waals surface area contributed by atoms with Crippen LogP contribution < -0.4 is 5.32 Å². The summed E-state index contributed by atoms with van der Waals surface area (Å²) in [5.74, 6) is 0.0930. The molecule has 1 amide bonds. The molecule has 5 nitrogen and oxygen atoms in total. The number of hydrogen-bond donors (Lipinski definition) is 2. The molecule has 0 aliphatic rings. The molecule has 0 bridgehead atoms. The Labute approximate surface area is 189 Å². The highest BCUT2D eigenvalue weighted by atomic mass is 16.3. The number of aromatic hydroxyl groups is 1. The molecule has 5 heteroatoms.